The van der Waals surface area contributed by atoms with Crippen molar-refractivity contribution in [2.24, 2.45) is 0 Å². The van der Waals surface area contributed by atoms with Gasteiger partial charge in [-0.1, -0.05) is 32.5 Å². The molecule has 0 aliphatic rings. The third kappa shape index (κ3) is 5.53. The molecule has 0 saturated carbocycles. The molecule has 6 heteroatoms. The van der Waals surface area contributed by atoms with Gasteiger partial charge in [0.05, 0.1) is 6.10 Å². The van der Waals surface area contributed by atoms with Crippen LogP contribution in [0.2, 0.25) is 0 Å². The molecule has 1 rings (SSSR count). The van der Waals surface area contributed by atoms with Gasteiger partial charge in [0.25, 0.3) is 0 Å². The number of hydrogen-bond donors (Lipinski definition) is 1. The molecule has 1 heterocycles. The fourth-order valence-corrected chi connectivity index (χ4v) is 1.87. The van der Waals surface area contributed by atoms with Crippen LogP contribution in [0.4, 0.5) is 5.95 Å². The van der Waals surface area contributed by atoms with Crippen LogP contribution >= 0.6 is 11.8 Å². The first-order chi connectivity index (χ1) is 8.51. The Hall–Kier alpha value is -1.04. The van der Waals surface area contributed by atoms with Crippen molar-refractivity contribution in [1.29, 1.82) is 0 Å². The van der Waals surface area contributed by atoms with Gasteiger partial charge in [-0.05, 0) is 20.3 Å². The maximum atomic E-state index is 5.54. The van der Waals surface area contributed by atoms with Gasteiger partial charge in [-0.3, -0.25) is 0 Å². The molecular formula is C12H22N4OS. The van der Waals surface area contributed by atoms with Crippen molar-refractivity contribution in [3.05, 3.63) is 0 Å². The fourth-order valence-electron chi connectivity index (χ4n) is 1.18. The van der Waals surface area contributed by atoms with Crippen LogP contribution in [0, 0.1) is 0 Å². The molecule has 0 saturated heterocycles. The van der Waals surface area contributed by atoms with Crippen LogP contribution in [0.3, 0.4) is 0 Å². The lowest BCUT2D eigenvalue weighted by Gasteiger charge is -2.11. The lowest BCUT2D eigenvalue weighted by atomic mass is 10.5. The summed E-state index contributed by atoms with van der Waals surface area (Å²) < 4.78 is 5.54. The van der Waals surface area contributed by atoms with E-state index >= 15 is 0 Å². The van der Waals surface area contributed by atoms with E-state index in [1.165, 1.54) is 0 Å². The minimum absolute atomic E-state index is 0.0586. The molecule has 0 aliphatic heterocycles. The lowest BCUT2D eigenvalue weighted by molar-refractivity contribution is 0.219. The average Bonchev–Trinajstić information content (AvgIpc) is 2.24. The molecule has 0 unspecified atom stereocenters. The standard InChI is InChI=1S/C12H22N4OS/c1-6-7-13-10-14-11(17-8(2)3)16-12(15-10)18-9(4)5/h8-9H,6-7H2,1-5H3,(H,13,14,15,16). The molecule has 102 valence electrons. The minimum atomic E-state index is 0.0586. The first-order valence-corrected chi connectivity index (χ1v) is 7.22. The second-order valence-electron chi connectivity index (χ2n) is 4.48. The van der Waals surface area contributed by atoms with Crippen molar-refractivity contribution < 1.29 is 4.74 Å². The van der Waals surface area contributed by atoms with Crippen LogP contribution in [-0.2, 0) is 0 Å². The first-order valence-electron chi connectivity index (χ1n) is 6.34. The Bertz CT molecular complexity index is 343. The average molecular weight is 270 g/mol. The highest BCUT2D eigenvalue weighted by atomic mass is 32.2. The number of aromatic nitrogens is 3. The summed E-state index contributed by atoms with van der Waals surface area (Å²) in [6.45, 7) is 11.1. The van der Waals surface area contributed by atoms with E-state index < -0.39 is 0 Å². The van der Waals surface area contributed by atoms with Gasteiger partial charge in [0.15, 0.2) is 5.16 Å². The van der Waals surface area contributed by atoms with Gasteiger partial charge < -0.3 is 10.1 Å². The predicted molar refractivity (Wildman–Crippen MR) is 75.4 cm³/mol. The van der Waals surface area contributed by atoms with Crippen LogP contribution in [0.25, 0.3) is 0 Å². The number of rotatable bonds is 7. The highest BCUT2D eigenvalue weighted by molar-refractivity contribution is 7.99. The summed E-state index contributed by atoms with van der Waals surface area (Å²) in [5, 5.41) is 4.30. The van der Waals surface area contributed by atoms with E-state index in [9.17, 15) is 0 Å². The molecule has 5 nitrogen and oxygen atoms in total. The highest BCUT2D eigenvalue weighted by Gasteiger charge is 2.10. The Labute approximate surface area is 113 Å². The Morgan fingerprint density at radius 1 is 1.17 bits per heavy atom. The molecule has 0 amide bonds. The Kier molecular flexibility index (Phi) is 6.18. The Morgan fingerprint density at radius 3 is 2.44 bits per heavy atom. The van der Waals surface area contributed by atoms with E-state index in [1.54, 1.807) is 11.8 Å². The third-order valence-corrected chi connectivity index (χ3v) is 2.67. The Balaban J connectivity index is 2.88. The number of thioether (sulfide) groups is 1. The van der Waals surface area contributed by atoms with Gasteiger partial charge in [-0.25, -0.2) is 0 Å². The molecular weight excluding hydrogens is 248 g/mol. The molecule has 1 N–H and O–H groups in total. The molecule has 0 atom stereocenters. The second-order valence-corrected chi connectivity index (χ2v) is 6.03. The lowest BCUT2D eigenvalue weighted by Crippen LogP contribution is -2.12. The molecule has 0 spiro atoms. The van der Waals surface area contributed by atoms with E-state index in [1.807, 2.05) is 13.8 Å². The third-order valence-electron chi connectivity index (χ3n) is 1.81. The van der Waals surface area contributed by atoms with Crippen molar-refractivity contribution in [2.45, 2.75) is 57.5 Å². The van der Waals surface area contributed by atoms with Gasteiger partial charge in [0.1, 0.15) is 0 Å². The van der Waals surface area contributed by atoms with Crippen LogP contribution in [0.1, 0.15) is 41.0 Å². The maximum Gasteiger partial charge on any atom is 0.322 e. The van der Waals surface area contributed by atoms with Crippen molar-refractivity contribution in [3.8, 4) is 6.01 Å². The smallest absolute Gasteiger partial charge is 0.322 e. The predicted octanol–water partition coefficient (Wildman–Crippen LogP) is 2.98. The number of hydrogen-bond acceptors (Lipinski definition) is 6. The second kappa shape index (κ2) is 7.41. The number of ether oxygens (including phenoxy) is 1. The largest absolute Gasteiger partial charge is 0.461 e. The molecule has 0 fully saturated rings. The molecule has 0 aromatic carbocycles. The maximum absolute atomic E-state index is 5.54. The number of anilines is 1. The van der Waals surface area contributed by atoms with Gasteiger partial charge >= 0.3 is 6.01 Å². The van der Waals surface area contributed by atoms with Crippen LogP contribution < -0.4 is 10.1 Å². The minimum Gasteiger partial charge on any atom is -0.461 e. The molecule has 1 aromatic heterocycles. The zero-order valence-electron chi connectivity index (χ0n) is 11.7. The molecule has 18 heavy (non-hydrogen) atoms. The summed E-state index contributed by atoms with van der Waals surface area (Å²) in [4.78, 5) is 12.9. The van der Waals surface area contributed by atoms with Gasteiger partial charge in [-0.15, -0.1) is 0 Å². The van der Waals surface area contributed by atoms with E-state index in [0.717, 1.165) is 13.0 Å². The van der Waals surface area contributed by atoms with Crippen molar-refractivity contribution in [2.75, 3.05) is 11.9 Å². The first kappa shape index (κ1) is 15.0. The van der Waals surface area contributed by atoms with Crippen LogP contribution in [-0.4, -0.2) is 32.9 Å². The molecule has 0 bridgehead atoms. The van der Waals surface area contributed by atoms with Crippen LogP contribution in [0.15, 0.2) is 5.16 Å². The Morgan fingerprint density at radius 2 is 1.89 bits per heavy atom. The number of nitrogens with one attached hydrogen (secondary N) is 1. The van der Waals surface area contributed by atoms with Crippen molar-refractivity contribution in [1.82, 2.24) is 15.0 Å². The normalized spacial score (nSPS) is 11.1. The zero-order valence-corrected chi connectivity index (χ0v) is 12.5. The highest BCUT2D eigenvalue weighted by Crippen LogP contribution is 2.22. The summed E-state index contributed by atoms with van der Waals surface area (Å²) in [5.41, 5.74) is 0. The topological polar surface area (TPSA) is 59.9 Å². The summed E-state index contributed by atoms with van der Waals surface area (Å²) in [6.07, 6.45) is 1.09. The van der Waals surface area contributed by atoms with Gasteiger partial charge in [0.2, 0.25) is 5.95 Å². The summed E-state index contributed by atoms with van der Waals surface area (Å²) in [7, 11) is 0. The fraction of sp³-hybridized carbons (Fsp3) is 0.750. The van der Waals surface area contributed by atoms with Gasteiger partial charge in [0, 0.05) is 11.8 Å². The van der Waals surface area contributed by atoms with E-state index in [-0.39, 0.29) is 6.10 Å². The zero-order chi connectivity index (χ0) is 13.5. The SMILES string of the molecule is CCCNc1nc(OC(C)C)nc(SC(C)C)n1. The quantitative estimate of drug-likeness (QED) is 0.769. The number of nitrogens with zero attached hydrogens (tertiary/aromatic N) is 3. The van der Waals surface area contributed by atoms with E-state index in [4.69, 9.17) is 4.74 Å². The van der Waals surface area contributed by atoms with E-state index in [2.05, 4.69) is 41.0 Å². The summed E-state index contributed by atoms with van der Waals surface area (Å²) in [6, 6.07) is 0.391. The monoisotopic (exact) mass is 270 g/mol. The summed E-state index contributed by atoms with van der Waals surface area (Å²) >= 11 is 1.61. The van der Waals surface area contributed by atoms with Crippen LogP contribution in [0.5, 0.6) is 6.01 Å². The van der Waals surface area contributed by atoms with Gasteiger partial charge in [-0.2, -0.15) is 15.0 Å². The molecule has 0 aliphatic carbocycles. The van der Waals surface area contributed by atoms with Crippen molar-refractivity contribution in [3.63, 3.8) is 0 Å². The van der Waals surface area contributed by atoms with Crippen molar-refractivity contribution >= 4 is 17.7 Å². The molecule has 1 aromatic rings. The van der Waals surface area contributed by atoms with E-state index in [0.29, 0.717) is 22.4 Å². The molecule has 0 radical (unpaired) electrons. The summed E-state index contributed by atoms with van der Waals surface area (Å²) in [5.74, 6) is 0.589.